The molecule has 3 heteroatoms. The van der Waals surface area contributed by atoms with Crippen LogP contribution >= 0.6 is 0 Å². The van der Waals surface area contributed by atoms with Crippen molar-refractivity contribution in [2.45, 2.75) is 19.4 Å². The Hall–Kier alpha value is -2.42. The molecule has 2 aromatic carbocycles. The maximum atomic E-state index is 12.6. The van der Waals surface area contributed by atoms with Gasteiger partial charge in [0.1, 0.15) is 0 Å². The molecule has 0 bridgehead atoms. The van der Waals surface area contributed by atoms with Crippen molar-refractivity contribution in [1.82, 2.24) is 4.90 Å². The van der Waals surface area contributed by atoms with Gasteiger partial charge in [-0.1, -0.05) is 48.5 Å². The van der Waals surface area contributed by atoms with Crippen LogP contribution in [0.2, 0.25) is 0 Å². The summed E-state index contributed by atoms with van der Waals surface area (Å²) in [4.78, 5) is 26.1. The lowest BCUT2D eigenvalue weighted by Gasteiger charge is -2.19. The average molecular weight is 265 g/mol. The van der Waals surface area contributed by atoms with Crippen LogP contribution in [0, 0.1) is 0 Å². The first-order valence-corrected chi connectivity index (χ1v) is 6.72. The maximum absolute atomic E-state index is 12.6. The Morgan fingerprint density at radius 2 is 1.55 bits per heavy atom. The summed E-state index contributed by atoms with van der Waals surface area (Å²) in [6.45, 7) is 0.340. The molecular formula is C17H15NO2. The van der Waals surface area contributed by atoms with Crippen LogP contribution in [-0.2, 0) is 17.8 Å². The van der Waals surface area contributed by atoms with Crippen molar-refractivity contribution in [3.8, 4) is 0 Å². The molecule has 1 aliphatic heterocycles. The van der Waals surface area contributed by atoms with E-state index in [4.69, 9.17) is 0 Å². The zero-order valence-corrected chi connectivity index (χ0v) is 11.1. The lowest BCUT2D eigenvalue weighted by molar-refractivity contribution is -0.128. The van der Waals surface area contributed by atoms with Gasteiger partial charge < -0.3 is 0 Å². The SMILES string of the molecule is O=C1CCc2ccccc2C(=O)N1Cc1ccccc1. The van der Waals surface area contributed by atoms with E-state index in [1.54, 1.807) is 6.07 Å². The molecule has 2 aromatic rings. The van der Waals surface area contributed by atoms with E-state index in [9.17, 15) is 9.59 Å². The van der Waals surface area contributed by atoms with E-state index in [-0.39, 0.29) is 11.8 Å². The van der Waals surface area contributed by atoms with Crippen LogP contribution < -0.4 is 0 Å². The molecular weight excluding hydrogens is 250 g/mol. The fourth-order valence-corrected chi connectivity index (χ4v) is 2.51. The summed E-state index contributed by atoms with van der Waals surface area (Å²) in [6, 6.07) is 17.1. The Bertz CT molecular complexity index is 649. The quantitative estimate of drug-likeness (QED) is 0.783. The standard InChI is InChI=1S/C17H15NO2/c19-16-11-10-14-8-4-5-9-15(14)17(20)18(16)12-13-6-2-1-3-7-13/h1-9H,10-12H2. The predicted octanol–water partition coefficient (Wildman–Crippen LogP) is 2.80. The highest BCUT2D eigenvalue weighted by Gasteiger charge is 2.27. The molecule has 0 unspecified atom stereocenters. The van der Waals surface area contributed by atoms with Gasteiger partial charge >= 0.3 is 0 Å². The van der Waals surface area contributed by atoms with Gasteiger partial charge in [-0.15, -0.1) is 0 Å². The third-order valence-corrected chi connectivity index (χ3v) is 3.59. The predicted molar refractivity (Wildman–Crippen MR) is 76.1 cm³/mol. The van der Waals surface area contributed by atoms with Gasteiger partial charge in [0.25, 0.3) is 5.91 Å². The number of imide groups is 1. The highest BCUT2D eigenvalue weighted by molar-refractivity contribution is 6.06. The van der Waals surface area contributed by atoms with Gasteiger partial charge in [-0.2, -0.15) is 0 Å². The third-order valence-electron chi connectivity index (χ3n) is 3.59. The number of rotatable bonds is 2. The van der Waals surface area contributed by atoms with Gasteiger partial charge in [-0.3, -0.25) is 14.5 Å². The number of carbonyl (C=O) groups excluding carboxylic acids is 2. The minimum atomic E-state index is -0.188. The van der Waals surface area contributed by atoms with Gasteiger partial charge in [0, 0.05) is 12.0 Å². The summed E-state index contributed by atoms with van der Waals surface area (Å²) in [5.74, 6) is -0.290. The van der Waals surface area contributed by atoms with E-state index in [0.29, 0.717) is 24.9 Å². The molecule has 0 spiro atoms. The monoisotopic (exact) mass is 265 g/mol. The molecule has 0 N–H and O–H groups in total. The zero-order valence-electron chi connectivity index (χ0n) is 11.1. The van der Waals surface area contributed by atoms with Crippen LogP contribution in [0.5, 0.6) is 0 Å². The largest absolute Gasteiger partial charge is 0.274 e. The Morgan fingerprint density at radius 1 is 0.850 bits per heavy atom. The van der Waals surface area contributed by atoms with Gasteiger partial charge in [-0.05, 0) is 23.6 Å². The average Bonchev–Trinajstić information content (AvgIpc) is 2.61. The normalized spacial score (nSPS) is 14.9. The molecule has 20 heavy (non-hydrogen) atoms. The summed E-state index contributed by atoms with van der Waals surface area (Å²) in [5.41, 5.74) is 2.57. The molecule has 0 saturated heterocycles. The topological polar surface area (TPSA) is 37.4 Å². The highest BCUT2D eigenvalue weighted by atomic mass is 16.2. The van der Waals surface area contributed by atoms with Gasteiger partial charge in [0.2, 0.25) is 5.91 Å². The Kier molecular flexibility index (Phi) is 3.33. The number of hydrogen-bond acceptors (Lipinski definition) is 2. The Morgan fingerprint density at radius 3 is 2.35 bits per heavy atom. The highest BCUT2D eigenvalue weighted by Crippen LogP contribution is 2.20. The van der Waals surface area contributed by atoms with Crippen molar-refractivity contribution in [3.63, 3.8) is 0 Å². The first-order chi connectivity index (χ1) is 9.75. The Labute approximate surface area is 117 Å². The van der Waals surface area contributed by atoms with Crippen LogP contribution in [0.1, 0.15) is 27.9 Å². The molecule has 1 heterocycles. The molecule has 0 radical (unpaired) electrons. The molecule has 0 aliphatic carbocycles. The van der Waals surface area contributed by atoms with E-state index in [0.717, 1.165) is 11.1 Å². The van der Waals surface area contributed by atoms with E-state index in [1.165, 1.54) is 4.90 Å². The second-order valence-electron chi connectivity index (χ2n) is 4.93. The fourth-order valence-electron chi connectivity index (χ4n) is 2.51. The van der Waals surface area contributed by atoms with Gasteiger partial charge in [-0.25, -0.2) is 0 Å². The van der Waals surface area contributed by atoms with Crippen molar-refractivity contribution in [1.29, 1.82) is 0 Å². The van der Waals surface area contributed by atoms with Crippen LogP contribution in [0.25, 0.3) is 0 Å². The third kappa shape index (κ3) is 2.35. The number of hydrogen-bond donors (Lipinski definition) is 0. The molecule has 0 atom stereocenters. The summed E-state index contributed by atoms with van der Waals surface area (Å²) >= 11 is 0. The zero-order chi connectivity index (χ0) is 13.9. The number of fused-ring (bicyclic) bond motifs is 1. The number of carbonyl (C=O) groups is 2. The van der Waals surface area contributed by atoms with Crippen molar-refractivity contribution >= 4 is 11.8 Å². The smallest absolute Gasteiger partial charge is 0.261 e. The summed E-state index contributed by atoms with van der Waals surface area (Å²) in [5, 5.41) is 0. The number of benzene rings is 2. The number of nitrogens with zero attached hydrogens (tertiary/aromatic N) is 1. The van der Waals surface area contributed by atoms with E-state index >= 15 is 0 Å². The second-order valence-corrected chi connectivity index (χ2v) is 4.93. The molecule has 0 aromatic heterocycles. The molecule has 1 aliphatic rings. The fraction of sp³-hybridized carbons (Fsp3) is 0.176. The van der Waals surface area contributed by atoms with Gasteiger partial charge in [0.15, 0.2) is 0 Å². The Balaban J connectivity index is 1.94. The van der Waals surface area contributed by atoms with Crippen molar-refractivity contribution in [3.05, 3.63) is 71.3 Å². The first kappa shape index (κ1) is 12.6. The van der Waals surface area contributed by atoms with Gasteiger partial charge in [0.05, 0.1) is 6.54 Å². The van der Waals surface area contributed by atoms with Crippen LogP contribution in [0.15, 0.2) is 54.6 Å². The van der Waals surface area contributed by atoms with Crippen molar-refractivity contribution in [2.75, 3.05) is 0 Å². The van der Waals surface area contributed by atoms with Crippen LogP contribution in [0.4, 0.5) is 0 Å². The lowest BCUT2D eigenvalue weighted by atomic mass is 10.0. The number of amides is 2. The summed E-state index contributed by atoms with van der Waals surface area (Å²) < 4.78 is 0. The number of aryl methyl sites for hydroxylation is 1. The molecule has 2 amide bonds. The molecule has 3 rings (SSSR count). The van der Waals surface area contributed by atoms with E-state index in [1.807, 2.05) is 48.5 Å². The van der Waals surface area contributed by atoms with Crippen molar-refractivity contribution in [2.24, 2.45) is 0 Å². The molecule has 3 nitrogen and oxygen atoms in total. The van der Waals surface area contributed by atoms with Crippen LogP contribution in [0.3, 0.4) is 0 Å². The first-order valence-electron chi connectivity index (χ1n) is 6.72. The van der Waals surface area contributed by atoms with Crippen LogP contribution in [-0.4, -0.2) is 16.7 Å². The minimum Gasteiger partial charge on any atom is -0.274 e. The van der Waals surface area contributed by atoms with Crippen molar-refractivity contribution < 1.29 is 9.59 Å². The maximum Gasteiger partial charge on any atom is 0.261 e. The second kappa shape index (κ2) is 5.29. The molecule has 0 saturated carbocycles. The molecule has 0 fully saturated rings. The summed E-state index contributed by atoms with van der Waals surface area (Å²) in [6.07, 6.45) is 1.02. The minimum absolute atomic E-state index is 0.102. The molecule has 100 valence electrons. The lowest BCUT2D eigenvalue weighted by Crippen LogP contribution is -2.35. The van der Waals surface area contributed by atoms with E-state index in [2.05, 4.69) is 0 Å². The summed E-state index contributed by atoms with van der Waals surface area (Å²) in [7, 11) is 0. The van der Waals surface area contributed by atoms with E-state index < -0.39 is 0 Å².